The topological polar surface area (TPSA) is 205 Å². The van der Waals surface area contributed by atoms with E-state index in [4.69, 9.17) is 0 Å². The molecular formula is C12H20N3O7-. The van der Waals surface area contributed by atoms with Gasteiger partial charge in [0.15, 0.2) is 0 Å². The third kappa shape index (κ3) is 8.17. The summed E-state index contributed by atoms with van der Waals surface area (Å²) in [6.07, 6.45) is -0.0319. The van der Waals surface area contributed by atoms with E-state index in [-0.39, 0.29) is 32.1 Å². The average molecular weight is 318 g/mol. The van der Waals surface area contributed by atoms with Crippen LogP contribution in [0, 0.1) is 0 Å². The first-order valence-electron chi connectivity index (χ1n) is 6.73. The Balaban J connectivity index is 4.23. The molecule has 10 heteroatoms. The lowest BCUT2D eigenvalue weighted by Gasteiger charge is -2.20. The number of hydrogen-bond acceptors (Lipinski definition) is 7. The van der Waals surface area contributed by atoms with Crippen molar-refractivity contribution >= 4 is 23.8 Å². The second kappa shape index (κ2) is 9.68. The summed E-state index contributed by atoms with van der Waals surface area (Å²) in [6.45, 7) is 0. The molecule has 0 aromatic carbocycles. The zero-order valence-corrected chi connectivity index (χ0v) is 12.0. The summed E-state index contributed by atoms with van der Waals surface area (Å²) in [5.41, 5.74) is 6.59. The number of amides is 1. The zero-order valence-electron chi connectivity index (χ0n) is 12.0. The van der Waals surface area contributed by atoms with Crippen molar-refractivity contribution in [2.24, 2.45) is 0 Å². The molecule has 0 aliphatic rings. The van der Waals surface area contributed by atoms with Crippen molar-refractivity contribution in [3.8, 4) is 0 Å². The van der Waals surface area contributed by atoms with Gasteiger partial charge in [-0.1, -0.05) is 0 Å². The van der Waals surface area contributed by atoms with Gasteiger partial charge in [0.1, 0.15) is 12.1 Å². The van der Waals surface area contributed by atoms with Crippen molar-refractivity contribution < 1.29 is 46.0 Å². The minimum atomic E-state index is -1.51. The first kappa shape index (κ1) is 19.8. The Kier molecular flexibility index (Phi) is 8.72. The first-order chi connectivity index (χ1) is 10.1. The molecule has 0 aromatic rings. The Hall–Kier alpha value is -2.20. The van der Waals surface area contributed by atoms with E-state index in [9.17, 15) is 34.5 Å². The van der Waals surface area contributed by atoms with Crippen LogP contribution in [0.4, 0.5) is 0 Å². The van der Waals surface area contributed by atoms with Crippen LogP contribution in [0.25, 0.3) is 0 Å². The van der Waals surface area contributed by atoms with Gasteiger partial charge in [0.25, 0.3) is 0 Å². The van der Waals surface area contributed by atoms with Crippen molar-refractivity contribution in [1.82, 2.24) is 5.32 Å². The third-order valence-corrected chi connectivity index (χ3v) is 3.05. The summed E-state index contributed by atoms with van der Waals surface area (Å²) in [7, 11) is 0. The smallest absolute Gasteiger partial charge is 0.220 e. The van der Waals surface area contributed by atoms with E-state index in [1.54, 1.807) is 0 Å². The molecule has 0 heterocycles. The molecule has 0 aromatic heterocycles. The van der Waals surface area contributed by atoms with Crippen LogP contribution < -0.4 is 32.1 Å². The Labute approximate surface area is 126 Å². The highest BCUT2D eigenvalue weighted by atomic mass is 16.4. The summed E-state index contributed by atoms with van der Waals surface area (Å²) >= 11 is 0. The number of carboxylic acids is 3. The second-order valence-corrected chi connectivity index (χ2v) is 4.94. The van der Waals surface area contributed by atoms with Crippen LogP contribution in [0.5, 0.6) is 0 Å². The summed E-state index contributed by atoms with van der Waals surface area (Å²) in [5.74, 6) is -4.89. The van der Waals surface area contributed by atoms with Gasteiger partial charge in [0.05, 0.1) is 23.9 Å². The maximum atomic E-state index is 11.5. The van der Waals surface area contributed by atoms with Gasteiger partial charge >= 0.3 is 0 Å². The molecule has 1 amide bonds. The molecule has 0 fully saturated rings. The molecule has 7 N–H and O–H groups in total. The fourth-order valence-electron chi connectivity index (χ4n) is 1.62. The lowest BCUT2D eigenvalue weighted by atomic mass is 10.1. The third-order valence-electron chi connectivity index (χ3n) is 3.05. The molecule has 3 atom stereocenters. The molecular weight excluding hydrogens is 298 g/mol. The number of carbonyl (C=O) groups excluding carboxylic acids is 4. The highest BCUT2D eigenvalue weighted by Crippen LogP contribution is 2.03. The average Bonchev–Trinajstić information content (AvgIpc) is 2.42. The molecule has 0 aliphatic carbocycles. The van der Waals surface area contributed by atoms with Crippen molar-refractivity contribution in [2.75, 3.05) is 0 Å². The van der Waals surface area contributed by atoms with Gasteiger partial charge in [-0.15, -0.1) is 0 Å². The van der Waals surface area contributed by atoms with Crippen LogP contribution in [0.3, 0.4) is 0 Å². The van der Waals surface area contributed by atoms with E-state index in [1.165, 1.54) is 0 Å². The molecule has 126 valence electrons. The van der Waals surface area contributed by atoms with E-state index >= 15 is 0 Å². The van der Waals surface area contributed by atoms with Crippen molar-refractivity contribution in [3.63, 3.8) is 0 Å². The largest absolute Gasteiger partial charge is 0.548 e. The van der Waals surface area contributed by atoms with Gasteiger partial charge in [-0.3, -0.25) is 4.79 Å². The Morgan fingerprint density at radius 3 is 1.77 bits per heavy atom. The van der Waals surface area contributed by atoms with Gasteiger partial charge in [0.2, 0.25) is 5.91 Å². The maximum Gasteiger partial charge on any atom is 0.220 e. The number of carboxylic acid groups (broad SMARTS) is 3. The molecule has 0 radical (unpaired) electrons. The number of hydrogen-bond donors (Lipinski definition) is 3. The number of quaternary nitrogens is 2. The standard InChI is InChI=1S/C12H21N3O7/c13-6(10(17)18)2-1-3-8(12(21)22)15-9(16)5-4-7(14)11(19)20/h6-8H,1-5,13-14H2,(H,15,16)(H,17,18)(H,19,20)(H,21,22)/p-1/t6-,7-,8+/m1/s1. The minimum absolute atomic E-state index is 0.0261. The zero-order chi connectivity index (χ0) is 17.3. The lowest BCUT2D eigenvalue weighted by molar-refractivity contribution is -0.438. The quantitative estimate of drug-likeness (QED) is 0.335. The fourth-order valence-corrected chi connectivity index (χ4v) is 1.62. The first-order valence-corrected chi connectivity index (χ1v) is 6.73. The summed E-state index contributed by atoms with van der Waals surface area (Å²) in [4.78, 5) is 43.3. The van der Waals surface area contributed by atoms with E-state index in [1.807, 2.05) is 0 Å². The number of aliphatic carboxylic acids is 3. The van der Waals surface area contributed by atoms with Crippen LogP contribution in [-0.2, 0) is 19.2 Å². The molecule has 10 nitrogen and oxygen atoms in total. The van der Waals surface area contributed by atoms with Crippen LogP contribution in [0.15, 0.2) is 0 Å². The van der Waals surface area contributed by atoms with E-state index in [0.717, 1.165) is 0 Å². The van der Waals surface area contributed by atoms with Crippen LogP contribution >= 0.6 is 0 Å². The molecule has 0 rings (SSSR count). The number of carbonyl (C=O) groups is 4. The van der Waals surface area contributed by atoms with Gasteiger partial charge in [-0.05, 0) is 12.8 Å². The Morgan fingerprint density at radius 1 is 0.818 bits per heavy atom. The molecule has 0 saturated heterocycles. The normalized spacial score (nSPS) is 14.6. The van der Waals surface area contributed by atoms with Crippen LogP contribution in [0.1, 0.15) is 32.1 Å². The predicted molar refractivity (Wildman–Crippen MR) is 63.4 cm³/mol. The Bertz CT molecular complexity index is 427. The highest BCUT2D eigenvalue weighted by molar-refractivity contribution is 5.83. The van der Waals surface area contributed by atoms with Gasteiger partial charge in [-0.25, -0.2) is 0 Å². The molecule has 0 unspecified atom stereocenters. The highest BCUT2D eigenvalue weighted by Gasteiger charge is 2.17. The van der Waals surface area contributed by atoms with Crippen molar-refractivity contribution in [3.05, 3.63) is 0 Å². The van der Waals surface area contributed by atoms with Crippen LogP contribution in [0.2, 0.25) is 0 Å². The number of nitrogens with one attached hydrogen (secondary N) is 1. The molecule has 0 saturated carbocycles. The van der Waals surface area contributed by atoms with E-state index in [0.29, 0.717) is 0 Å². The van der Waals surface area contributed by atoms with Crippen molar-refractivity contribution in [1.29, 1.82) is 0 Å². The van der Waals surface area contributed by atoms with Crippen molar-refractivity contribution in [2.45, 2.75) is 50.2 Å². The van der Waals surface area contributed by atoms with Gasteiger partial charge in [0, 0.05) is 19.3 Å². The van der Waals surface area contributed by atoms with E-state index in [2.05, 4.69) is 16.8 Å². The summed E-state index contributed by atoms with van der Waals surface area (Å²) in [6, 6.07) is -3.32. The minimum Gasteiger partial charge on any atom is -0.548 e. The predicted octanol–water partition coefficient (Wildman–Crippen LogP) is -7.11. The SMILES string of the molecule is [NH3+][C@H](CCC[C@H](NC(=O)CC[C@@H]([NH3+])C(=O)[O-])C(=O)[O-])C(=O)[O-]. The maximum absolute atomic E-state index is 11.5. The molecule has 22 heavy (non-hydrogen) atoms. The van der Waals surface area contributed by atoms with Crippen LogP contribution in [-0.4, -0.2) is 41.9 Å². The second-order valence-electron chi connectivity index (χ2n) is 4.94. The Morgan fingerprint density at radius 2 is 1.32 bits per heavy atom. The monoisotopic (exact) mass is 318 g/mol. The van der Waals surface area contributed by atoms with Gasteiger partial charge < -0.3 is 46.5 Å². The molecule has 0 aliphatic heterocycles. The lowest BCUT2D eigenvalue weighted by Crippen LogP contribution is -2.68. The number of rotatable bonds is 11. The molecule has 0 bridgehead atoms. The summed E-state index contributed by atoms with van der Waals surface area (Å²) in [5, 5.41) is 34.0. The van der Waals surface area contributed by atoms with Gasteiger partial charge in [-0.2, -0.15) is 0 Å². The molecule has 0 spiro atoms. The fraction of sp³-hybridized carbons (Fsp3) is 0.667. The summed E-state index contributed by atoms with van der Waals surface area (Å²) < 4.78 is 0. The van der Waals surface area contributed by atoms with E-state index < -0.39 is 41.9 Å².